The van der Waals surface area contributed by atoms with Crippen LogP contribution in [0, 0.1) is 0 Å². The van der Waals surface area contributed by atoms with Gasteiger partial charge in [0.15, 0.2) is 12.4 Å². The van der Waals surface area contributed by atoms with Crippen LogP contribution < -0.4 is 5.11 Å². The van der Waals surface area contributed by atoms with Crippen LogP contribution >= 0.6 is 0 Å². The first kappa shape index (κ1) is 64.5. The van der Waals surface area contributed by atoms with Gasteiger partial charge in [-0.05, 0) is 83.5 Å². The molecule has 0 saturated heterocycles. The van der Waals surface area contributed by atoms with E-state index in [1.54, 1.807) is 0 Å². The van der Waals surface area contributed by atoms with Gasteiger partial charge in [0, 0.05) is 12.8 Å². The number of esters is 2. The Morgan fingerprint density at radius 3 is 1.26 bits per heavy atom. The number of carbonyl (C=O) groups excluding carboxylic acids is 3. The number of nitrogens with zero attached hydrogens (tertiary/aromatic N) is 1. The summed E-state index contributed by atoms with van der Waals surface area (Å²) >= 11 is 0. The third-order valence-corrected chi connectivity index (χ3v) is 11.4. The highest BCUT2D eigenvalue weighted by Gasteiger charge is 2.22. The first-order chi connectivity index (χ1) is 33.1. The van der Waals surface area contributed by atoms with Gasteiger partial charge in [0.25, 0.3) is 0 Å². The number of aliphatic carboxylic acids is 1. The van der Waals surface area contributed by atoms with E-state index in [4.69, 9.17) is 18.9 Å². The predicted octanol–water partition coefficient (Wildman–Crippen LogP) is 14.3. The molecular weight excluding hydrogens is 851 g/mol. The van der Waals surface area contributed by atoms with Crippen LogP contribution in [0.1, 0.15) is 213 Å². The number of carbonyl (C=O) groups is 3. The number of unbranched alkanes of at least 4 members (excludes halogenated alkanes) is 20. The Morgan fingerprint density at radius 2 is 0.838 bits per heavy atom. The molecule has 0 aromatic rings. The zero-order chi connectivity index (χ0) is 49.9. The van der Waals surface area contributed by atoms with Crippen molar-refractivity contribution in [2.45, 2.75) is 225 Å². The summed E-state index contributed by atoms with van der Waals surface area (Å²) in [6, 6.07) is 0. The lowest BCUT2D eigenvalue weighted by molar-refractivity contribution is -0.870. The molecule has 0 aromatic carbocycles. The van der Waals surface area contributed by atoms with Crippen LogP contribution in [0.2, 0.25) is 0 Å². The molecule has 0 N–H and O–H groups in total. The summed E-state index contributed by atoms with van der Waals surface area (Å²) in [5.41, 5.74) is 0. The first-order valence-electron chi connectivity index (χ1n) is 27.2. The zero-order valence-corrected chi connectivity index (χ0v) is 44.2. The molecule has 68 heavy (non-hydrogen) atoms. The van der Waals surface area contributed by atoms with Crippen molar-refractivity contribution in [3.05, 3.63) is 85.1 Å². The minimum atomic E-state index is -1.62. The predicted molar refractivity (Wildman–Crippen MR) is 283 cm³/mol. The van der Waals surface area contributed by atoms with Crippen LogP contribution in [-0.2, 0) is 33.3 Å². The van der Waals surface area contributed by atoms with Gasteiger partial charge in [-0.3, -0.25) is 9.59 Å². The second-order valence-corrected chi connectivity index (χ2v) is 19.1. The molecule has 0 heterocycles. The molecule has 0 spiro atoms. The molecular formula is C59H101NO8. The Bertz CT molecular complexity index is 1390. The summed E-state index contributed by atoms with van der Waals surface area (Å²) in [6.45, 7) is 4.55. The maximum atomic E-state index is 12.8. The van der Waals surface area contributed by atoms with E-state index >= 15 is 0 Å². The number of likely N-dealkylation sites (N-methyl/N-ethyl adjacent to an activating group) is 1. The highest BCUT2D eigenvalue weighted by Crippen LogP contribution is 2.15. The van der Waals surface area contributed by atoms with Gasteiger partial charge in [-0.1, -0.05) is 202 Å². The first-order valence-corrected chi connectivity index (χ1v) is 27.2. The van der Waals surface area contributed by atoms with Crippen molar-refractivity contribution in [1.82, 2.24) is 0 Å². The van der Waals surface area contributed by atoms with Gasteiger partial charge in [-0.25, -0.2) is 0 Å². The highest BCUT2D eigenvalue weighted by atomic mass is 16.7. The number of carboxylic acid groups (broad SMARTS) is 1. The lowest BCUT2D eigenvalue weighted by Gasteiger charge is -2.26. The second-order valence-electron chi connectivity index (χ2n) is 19.1. The summed E-state index contributed by atoms with van der Waals surface area (Å²) in [5, 5.41) is 11.7. The molecule has 0 bridgehead atoms. The third-order valence-electron chi connectivity index (χ3n) is 11.4. The van der Waals surface area contributed by atoms with Gasteiger partial charge in [0.2, 0.25) is 0 Å². The van der Waals surface area contributed by atoms with Crippen molar-refractivity contribution in [2.75, 3.05) is 47.5 Å². The van der Waals surface area contributed by atoms with Crippen molar-refractivity contribution in [1.29, 1.82) is 0 Å². The van der Waals surface area contributed by atoms with Gasteiger partial charge in [-0.15, -0.1) is 0 Å². The quantitative estimate of drug-likeness (QED) is 0.0195. The molecule has 0 aromatic heterocycles. The minimum Gasteiger partial charge on any atom is -0.545 e. The minimum absolute atomic E-state index is 0.144. The molecule has 0 aliphatic carbocycles. The number of quaternary nitrogens is 1. The molecule has 0 radical (unpaired) electrons. The van der Waals surface area contributed by atoms with Gasteiger partial charge in [0.05, 0.1) is 40.3 Å². The summed E-state index contributed by atoms with van der Waals surface area (Å²) in [4.78, 5) is 37.0. The Balaban J connectivity index is 4.11. The number of hydrogen-bond acceptors (Lipinski definition) is 8. The van der Waals surface area contributed by atoms with E-state index in [-0.39, 0.29) is 38.6 Å². The summed E-state index contributed by atoms with van der Waals surface area (Å²) in [6.07, 6.45) is 62.2. The number of rotatable bonds is 49. The second kappa shape index (κ2) is 49.9. The fourth-order valence-corrected chi connectivity index (χ4v) is 7.19. The van der Waals surface area contributed by atoms with E-state index in [0.717, 1.165) is 103 Å². The average molecular weight is 952 g/mol. The Labute approximate surface area is 417 Å². The molecule has 0 fully saturated rings. The molecule has 390 valence electrons. The maximum absolute atomic E-state index is 12.8. The number of allylic oxidation sites excluding steroid dienone is 14. The molecule has 0 aliphatic heterocycles. The topological polar surface area (TPSA) is 111 Å². The normalized spacial score (nSPS) is 13.5. The van der Waals surface area contributed by atoms with Crippen LogP contribution in [0.15, 0.2) is 85.1 Å². The van der Waals surface area contributed by atoms with Crippen molar-refractivity contribution >= 4 is 17.9 Å². The van der Waals surface area contributed by atoms with Crippen molar-refractivity contribution < 1.29 is 42.9 Å². The number of hydrogen-bond donors (Lipinski definition) is 0. The summed E-state index contributed by atoms with van der Waals surface area (Å²) in [5.74, 6) is -2.30. The van der Waals surface area contributed by atoms with Gasteiger partial charge in [0.1, 0.15) is 13.2 Å². The molecule has 0 aliphatic rings. The van der Waals surface area contributed by atoms with Crippen molar-refractivity contribution in [2.24, 2.45) is 0 Å². The fourth-order valence-electron chi connectivity index (χ4n) is 7.19. The Morgan fingerprint density at radius 1 is 0.456 bits per heavy atom. The van der Waals surface area contributed by atoms with Gasteiger partial charge >= 0.3 is 11.9 Å². The third kappa shape index (κ3) is 50.3. The molecule has 0 saturated carbocycles. The molecule has 2 atom stereocenters. The summed E-state index contributed by atoms with van der Waals surface area (Å²) in [7, 11) is 5.91. The zero-order valence-electron chi connectivity index (χ0n) is 44.2. The molecule has 0 amide bonds. The van der Waals surface area contributed by atoms with Crippen molar-refractivity contribution in [3.8, 4) is 0 Å². The maximum Gasteiger partial charge on any atom is 0.306 e. The molecule has 0 rings (SSSR count). The van der Waals surface area contributed by atoms with E-state index in [1.165, 1.54) is 77.0 Å². The summed E-state index contributed by atoms with van der Waals surface area (Å²) < 4.78 is 22.6. The molecule has 9 nitrogen and oxygen atoms in total. The van der Waals surface area contributed by atoms with Crippen LogP contribution in [0.3, 0.4) is 0 Å². The van der Waals surface area contributed by atoms with E-state index in [2.05, 4.69) is 98.9 Å². The van der Waals surface area contributed by atoms with E-state index in [1.807, 2.05) is 21.1 Å². The number of carboxylic acids is 1. The smallest absolute Gasteiger partial charge is 0.306 e. The van der Waals surface area contributed by atoms with E-state index in [0.29, 0.717) is 17.4 Å². The van der Waals surface area contributed by atoms with Gasteiger partial charge < -0.3 is 33.3 Å². The molecule has 9 heteroatoms. The van der Waals surface area contributed by atoms with Crippen LogP contribution in [0.25, 0.3) is 0 Å². The monoisotopic (exact) mass is 952 g/mol. The lowest BCUT2D eigenvalue weighted by Crippen LogP contribution is -2.44. The average Bonchev–Trinajstić information content (AvgIpc) is 3.30. The largest absolute Gasteiger partial charge is 0.545 e. The van der Waals surface area contributed by atoms with Crippen LogP contribution in [0.5, 0.6) is 0 Å². The fraction of sp³-hybridized carbons (Fsp3) is 0.712. The van der Waals surface area contributed by atoms with Crippen LogP contribution in [-0.4, -0.2) is 82.3 Å². The van der Waals surface area contributed by atoms with E-state index < -0.39 is 24.3 Å². The standard InChI is InChI=1S/C59H101NO8/c1-6-8-10-12-14-16-18-19-20-21-22-23-24-25-26-27-28-29-30-31-32-33-34-35-36-37-38-39-40-42-44-46-48-50-57(62)68-55(54-67-59(58(63)64)65-52-51-60(3,4)5)53-66-56(61)49-47-45-43-41-17-15-13-11-9-7-2/h8,10-11,13-14,16,19-20,22-23,25-26,28-29,55,59H,6-7,9,12,15,17-18,21,24,27,30-54H2,1-5H3/b10-8-,13-11-,16-14-,20-19-,23-22-,26-25-,29-28-. The van der Waals surface area contributed by atoms with Crippen molar-refractivity contribution in [3.63, 3.8) is 0 Å². The number of ether oxygens (including phenoxy) is 4. The Hall–Kier alpha value is -3.53. The Kier molecular flexibility index (Phi) is 47.3. The SMILES string of the molecule is CC/C=C\C/C=C\C/C=C\C/C=C\C/C=C\C/C=C\CCCCCCCCCCCCCCCCC(=O)OC(COC(=O)CCCCCCC/C=C\CCC)COC(OCC[N+](C)(C)C)C(=O)[O-]. The molecule has 2 unspecified atom stereocenters. The highest BCUT2D eigenvalue weighted by molar-refractivity contribution is 5.70. The van der Waals surface area contributed by atoms with Gasteiger partial charge in [-0.2, -0.15) is 0 Å². The lowest BCUT2D eigenvalue weighted by atomic mass is 10.0. The van der Waals surface area contributed by atoms with E-state index in [9.17, 15) is 19.5 Å². The van der Waals surface area contributed by atoms with Crippen LogP contribution in [0.4, 0.5) is 0 Å².